The lowest BCUT2D eigenvalue weighted by Crippen LogP contribution is -2.08. The summed E-state index contributed by atoms with van der Waals surface area (Å²) in [4.78, 5) is 0. The summed E-state index contributed by atoms with van der Waals surface area (Å²) < 4.78 is 5.05. The Labute approximate surface area is 128 Å². The van der Waals surface area contributed by atoms with Crippen molar-refractivity contribution in [1.29, 1.82) is 0 Å². The molecule has 0 fully saturated rings. The van der Waals surface area contributed by atoms with Crippen LogP contribution in [0.2, 0.25) is 0 Å². The Kier molecular flexibility index (Phi) is 6.29. The van der Waals surface area contributed by atoms with Crippen molar-refractivity contribution in [2.24, 2.45) is 5.41 Å². The Balaban J connectivity index is 2.82. The number of allylic oxidation sites excluding steroid dienone is 4. The normalized spacial score (nSPS) is 13.7. The molecule has 0 spiro atoms. The highest BCUT2D eigenvalue weighted by atomic mass is 16.5. The first-order valence-electron chi connectivity index (χ1n) is 7.23. The summed E-state index contributed by atoms with van der Waals surface area (Å²) in [6.07, 6.45) is 10.4. The highest BCUT2D eigenvalue weighted by molar-refractivity contribution is 5.56. The van der Waals surface area contributed by atoms with E-state index in [0.29, 0.717) is 5.75 Å². The van der Waals surface area contributed by atoms with Crippen LogP contribution in [0.15, 0.2) is 48.6 Å². The number of rotatable bonds is 7. The van der Waals surface area contributed by atoms with Gasteiger partial charge in [-0.05, 0) is 44.4 Å². The second kappa shape index (κ2) is 7.72. The molecular weight excluding hydrogens is 260 g/mol. The van der Waals surface area contributed by atoms with Crippen molar-refractivity contribution in [3.05, 3.63) is 54.1 Å². The number of phenolic OH excluding ortho intramolecular Hbond substituents is 1. The molecule has 2 nitrogen and oxygen atoms in total. The molecule has 21 heavy (non-hydrogen) atoms. The minimum absolute atomic E-state index is 0.0541. The highest BCUT2D eigenvalue weighted by Crippen LogP contribution is 2.30. The predicted octanol–water partition coefficient (Wildman–Crippen LogP) is 5.35. The van der Waals surface area contributed by atoms with Crippen LogP contribution >= 0.6 is 0 Å². The van der Waals surface area contributed by atoms with E-state index in [1.807, 2.05) is 18.2 Å². The molecule has 1 rings (SSSR count). The zero-order chi connectivity index (χ0) is 15.9. The molecule has 0 aliphatic carbocycles. The lowest BCUT2D eigenvalue weighted by molar-refractivity contribution is 0.373. The predicted molar refractivity (Wildman–Crippen MR) is 90.7 cm³/mol. The van der Waals surface area contributed by atoms with Crippen LogP contribution in [0.3, 0.4) is 0 Å². The standard InChI is InChI=1S/C19H26O2/c1-6-19(4,12-7-8-15(2)3)13-11-16-9-10-18(21-5)17(20)14-16/h6,8-11,13-14,20H,1,7,12H2,2-5H3/b13-11+/t19-/m1/s1. The van der Waals surface area contributed by atoms with Gasteiger partial charge in [0.15, 0.2) is 11.5 Å². The Morgan fingerprint density at radius 2 is 2.10 bits per heavy atom. The van der Waals surface area contributed by atoms with Crippen molar-refractivity contribution < 1.29 is 9.84 Å². The highest BCUT2D eigenvalue weighted by Gasteiger charge is 2.15. The molecule has 0 amide bonds. The van der Waals surface area contributed by atoms with Gasteiger partial charge < -0.3 is 9.84 Å². The summed E-state index contributed by atoms with van der Waals surface area (Å²) in [5, 5.41) is 9.79. The number of phenols is 1. The zero-order valence-electron chi connectivity index (χ0n) is 13.5. The molecule has 114 valence electrons. The molecule has 0 saturated heterocycles. The second-order valence-corrected chi connectivity index (χ2v) is 5.79. The molecule has 1 aromatic rings. The molecule has 0 aromatic heterocycles. The van der Waals surface area contributed by atoms with Gasteiger partial charge in [-0.25, -0.2) is 0 Å². The average Bonchev–Trinajstić information content (AvgIpc) is 2.45. The van der Waals surface area contributed by atoms with E-state index in [1.165, 1.54) is 5.57 Å². The molecule has 0 heterocycles. The van der Waals surface area contributed by atoms with Crippen LogP contribution in [0.25, 0.3) is 6.08 Å². The van der Waals surface area contributed by atoms with Gasteiger partial charge in [0.05, 0.1) is 7.11 Å². The zero-order valence-corrected chi connectivity index (χ0v) is 13.5. The Hall–Kier alpha value is -1.96. The molecule has 1 N–H and O–H groups in total. The smallest absolute Gasteiger partial charge is 0.160 e. The fraction of sp³-hybridized carbons (Fsp3) is 0.368. The van der Waals surface area contributed by atoms with E-state index >= 15 is 0 Å². The summed E-state index contributed by atoms with van der Waals surface area (Å²) >= 11 is 0. The van der Waals surface area contributed by atoms with E-state index in [0.717, 1.165) is 18.4 Å². The van der Waals surface area contributed by atoms with E-state index in [-0.39, 0.29) is 11.2 Å². The molecule has 1 aromatic carbocycles. The van der Waals surface area contributed by atoms with Crippen molar-refractivity contribution >= 4 is 6.08 Å². The third-order valence-corrected chi connectivity index (χ3v) is 3.56. The lowest BCUT2D eigenvalue weighted by atomic mass is 9.84. The average molecular weight is 286 g/mol. The Bertz CT molecular complexity index is 536. The van der Waals surface area contributed by atoms with Crippen molar-refractivity contribution in [2.45, 2.75) is 33.6 Å². The van der Waals surface area contributed by atoms with E-state index in [4.69, 9.17) is 4.74 Å². The van der Waals surface area contributed by atoms with Crippen LogP contribution in [0.5, 0.6) is 11.5 Å². The van der Waals surface area contributed by atoms with Crippen molar-refractivity contribution in [3.8, 4) is 11.5 Å². The largest absolute Gasteiger partial charge is 0.504 e. The third-order valence-electron chi connectivity index (χ3n) is 3.56. The molecule has 1 atom stereocenters. The van der Waals surface area contributed by atoms with Crippen LogP contribution in [0.1, 0.15) is 39.2 Å². The third kappa shape index (κ3) is 5.50. The summed E-state index contributed by atoms with van der Waals surface area (Å²) in [5.41, 5.74) is 2.23. The summed E-state index contributed by atoms with van der Waals surface area (Å²) in [5.74, 6) is 0.645. The first-order valence-corrected chi connectivity index (χ1v) is 7.23. The number of methoxy groups -OCH3 is 1. The van der Waals surface area contributed by atoms with E-state index in [9.17, 15) is 5.11 Å². The van der Waals surface area contributed by atoms with Crippen LogP contribution in [0, 0.1) is 5.41 Å². The van der Waals surface area contributed by atoms with Crippen molar-refractivity contribution in [3.63, 3.8) is 0 Å². The summed E-state index contributed by atoms with van der Waals surface area (Å²) in [7, 11) is 1.54. The van der Waals surface area contributed by atoms with Gasteiger partial charge in [-0.15, -0.1) is 6.58 Å². The van der Waals surface area contributed by atoms with Crippen LogP contribution in [-0.2, 0) is 0 Å². The number of hydrogen-bond donors (Lipinski definition) is 1. The van der Waals surface area contributed by atoms with Gasteiger partial charge in [-0.3, -0.25) is 0 Å². The summed E-state index contributed by atoms with van der Waals surface area (Å²) in [6.45, 7) is 10.3. The maximum absolute atomic E-state index is 9.79. The van der Waals surface area contributed by atoms with Gasteiger partial charge in [0.25, 0.3) is 0 Å². The van der Waals surface area contributed by atoms with Gasteiger partial charge >= 0.3 is 0 Å². The molecule has 0 unspecified atom stereocenters. The fourth-order valence-electron chi connectivity index (χ4n) is 2.02. The molecule has 0 aliphatic heterocycles. The van der Waals surface area contributed by atoms with Gasteiger partial charge in [0.2, 0.25) is 0 Å². The van der Waals surface area contributed by atoms with Gasteiger partial charge in [-0.2, -0.15) is 0 Å². The summed E-state index contributed by atoms with van der Waals surface area (Å²) in [6, 6.07) is 5.40. The monoisotopic (exact) mass is 286 g/mol. The van der Waals surface area contributed by atoms with E-state index in [1.54, 1.807) is 19.2 Å². The Morgan fingerprint density at radius 3 is 2.62 bits per heavy atom. The SMILES string of the molecule is C=C[C@@](C)(/C=C/c1ccc(OC)c(O)c1)CCC=C(C)C. The molecule has 0 saturated carbocycles. The second-order valence-electron chi connectivity index (χ2n) is 5.79. The molecule has 0 radical (unpaired) electrons. The maximum atomic E-state index is 9.79. The van der Waals surface area contributed by atoms with Gasteiger partial charge in [-0.1, -0.05) is 42.9 Å². The Morgan fingerprint density at radius 1 is 1.38 bits per heavy atom. The molecule has 0 bridgehead atoms. The van der Waals surface area contributed by atoms with Gasteiger partial charge in [0.1, 0.15) is 0 Å². The van der Waals surface area contributed by atoms with E-state index in [2.05, 4.69) is 39.5 Å². The van der Waals surface area contributed by atoms with Crippen LogP contribution in [-0.4, -0.2) is 12.2 Å². The van der Waals surface area contributed by atoms with Crippen LogP contribution in [0.4, 0.5) is 0 Å². The van der Waals surface area contributed by atoms with Gasteiger partial charge in [0, 0.05) is 5.41 Å². The van der Waals surface area contributed by atoms with Crippen molar-refractivity contribution in [1.82, 2.24) is 0 Å². The minimum atomic E-state index is -0.0541. The molecule has 2 heteroatoms. The lowest BCUT2D eigenvalue weighted by Gasteiger charge is -2.20. The topological polar surface area (TPSA) is 29.5 Å². The van der Waals surface area contributed by atoms with Crippen molar-refractivity contribution in [2.75, 3.05) is 7.11 Å². The minimum Gasteiger partial charge on any atom is -0.504 e. The first-order chi connectivity index (χ1) is 9.90. The quantitative estimate of drug-likeness (QED) is 0.684. The number of hydrogen-bond acceptors (Lipinski definition) is 2. The number of benzene rings is 1. The maximum Gasteiger partial charge on any atom is 0.160 e. The fourth-order valence-corrected chi connectivity index (χ4v) is 2.02. The molecule has 0 aliphatic rings. The number of aromatic hydroxyl groups is 1. The number of ether oxygens (including phenoxy) is 1. The first kappa shape index (κ1) is 17.1. The van der Waals surface area contributed by atoms with E-state index < -0.39 is 0 Å². The van der Waals surface area contributed by atoms with Crippen LogP contribution < -0.4 is 4.74 Å². The molecular formula is C19H26O2.